The van der Waals surface area contributed by atoms with Gasteiger partial charge in [-0.15, -0.1) is 0 Å². The van der Waals surface area contributed by atoms with Gasteiger partial charge in [0.1, 0.15) is 11.6 Å². The van der Waals surface area contributed by atoms with Crippen LogP contribution in [0.5, 0.6) is 0 Å². The molecule has 0 aliphatic heterocycles. The molecule has 4 rings (SSSR count). The van der Waals surface area contributed by atoms with Crippen molar-refractivity contribution in [2.75, 3.05) is 5.32 Å². The van der Waals surface area contributed by atoms with Crippen LogP contribution in [0, 0.1) is 12.7 Å². The first-order valence-corrected chi connectivity index (χ1v) is 10.3. The number of benzene rings is 2. The van der Waals surface area contributed by atoms with Gasteiger partial charge in [-0.3, -0.25) is 0 Å². The molecule has 3 N–H and O–H groups in total. The van der Waals surface area contributed by atoms with Crippen LogP contribution < -0.4 is 10.5 Å². The number of nitrogens with two attached hydrogens (primary N) is 1. The fourth-order valence-corrected chi connectivity index (χ4v) is 3.51. The summed E-state index contributed by atoms with van der Waals surface area (Å²) in [6, 6.07) is 14.5. The average molecular weight is 411 g/mol. The van der Waals surface area contributed by atoms with E-state index in [4.69, 9.17) is 5.14 Å². The fraction of sp³-hybridized carbons (Fsp3) is 0.100. The van der Waals surface area contributed by atoms with Gasteiger partial charge in [0.2, 0.25) is 10.0 Å². The van der Waals surface area contributed by atoms with Crippen LogP contribution in [0.3, 0.4) is 0 Å². The molecule has 29 heavy (non-hydrogen) atoms. The predicted octanol–water partition coefficient (Wildman–Crippen LogP) is 3.10. The Morgan fingerprint density at radius 3 is 2.55 bits per heavy atom. The first-order valence-electron chi connectivity index (χ1n) is 8.79. The number of aryl methyl sites for hydroxylation is 1. The van der Waals surface area contributed by atoms with E-state index in [-0.39, 0.29) is 10.7 Å². The number of fused-ring (bicyclic) bond motifs is 1. The van der Waals surface area contributed by atoms with Gasteiger partial charge in [-0.1, -0.05) is 24.3 Å². The third kappa shape index (κ3) is 3.82. The number of rotatable bonds is 5. The summed E-state index contributed by atoms with van der Waals surface area (Å²) in [5.74, 6) is 0.280. The van der Waals surface area contributed by atoms with Crippen LogP contribution in [0.15, 0.2) is 65.7 Å². The van der Waals surface area contributed by atoms with Gasteiger partial charge in [0.15, 0.2) is 5.65 Å². The van der Waals surface area contributed by atoms with Crippen LogP contribution in [0.2, 0.25) is 0 Å². The molecule has 0 saturated carbocycles. The molecule has 0 saturated heterocycles. The normalized spacial score (nSPS) is 11.7. The van der Waals surface area contributed by atoms with E-state index < -0.39 is 10.0 Å². The van der Waals surface area contributed by atoms with Crippen molar-refractivity contribution in [3.8, 4) is 11.3 Å². The zero-order valence-electron chi connectivity index (χ0n) is 15.5. The van der Waals surface area contributed by atoms with Crippen molar-refractivity contribution < 1.29 is 12.8 Å². The van der Waals surface area contributed by atoms with Gasteiger partial charge in [-0.2, -0.15) is 9.61 Å². The molecule has 4 aromatic rings. The molecule has 0 spiro atoms. The zero-order chi connectivity index (χ0) is 20.6. The minimum atomic E-state index is -3.73. The molecule has 2 aromatic carbocycles. The van der Waals surface area contributed by atoms with Crippen LogP contribution in [0.1, 0.15) is 11.1 Å². The Hall–Kier alpha value is -3.30. The van der Waals surface area contributed by atoms with Gasteiger partial charge in [0.05, 0.1) is 16.8 Å². The second-order valence-corrected chi connectivity index (χ2v) is 8.17. The van der Waals surface area contributed by atoms with Gasteiger partial charge in [0.25, 0.3) is 0 Å². The van der Waals surface area contributed by atoms with E-state index in [1.54, 1.807) is 47.1 Å². The monoisotopic (exact) mass is 411 g/mol. The number of nitrogens with one attached hydrogen (secondary N) is 1. The molecule has 0 aliphatic rings. The van der Waals surface area contributed by atoms with Crippen molar-refractivity contribution >= 4 is 21.5 Å². The third-order valence-corrected chi connectivity index (χ3v) is 5.45. The Kier molecular flexibility index (Phi) is 4.77. The van der Waals surface area contributed by atoms with Gasteiger partial charge in [-0.05, 0) is 36.8 Å². The van der Waals surface area contributed by atoms with Crippen molar-refractivity contribution in [1.29, 1.82) is 0 Å². The number of hydrogen-bond donors (Lipinski definition) is 2. The number of aromatic nitrogens is 3. The van der Waals surface area contributed by atoms with E-state index >= 15 is 0 Å². The first-order chi connectivity index (χ1) is 13.8. The van der Waals surface area contributed by atoms with Crippen molar-refractivity contribution in [1.82, 2.24) is 14.6 Å². The number of anilines is 1. The minimum Gasteiger partial charge on any atom is -0.366 e. The van der Waals surface area contributed by atoms with E-state index in [1.807, 2.05) is 6.92 Å². The highest BCUT2D eigenvalue weighted by molar-refractivity contribution is 7.89. The van der Waals surface area contributed by atoms with Gasteiger partial charge in [0, 0.05) is 23.7 Å². The minimum absolute atomic E-state index is 0.0529. The summed E-state index contributed by atoms with van der Waals surface area (Å²) in [6.45, 7) is 2.29. The maximum absolute atomic E-state index is 14.3. The average Bonchev–Trinajstić information content (AvgIpc) is 3.07. The second kappa shape index (κ2) is 7.26. The van der Waals surface area contributed by atoms with E-state index in [9.17, 15) is 12.8 Å². The largest absolute Gasteiger partial charge is 0.366 e. The lowest BCUT2D eigenvalue weighted by atomic mass is 10.1. The van der Waals surface area contributed by atoms with E-state index in [0.717, 1.165) is 11.1 Å². The smallest absolute Gasteiger partial charge is 0.238 e. The number of nitrogens with zero attached hydrogens (tertiary/aromatic N) is 3. The lowest BCUT2D eigenvalue weighted by Crippen LogP contribution is -2.12. The molecule has 0 aliphatic carbocycles. The Bertz CT molecular complexity index is 1300. The van der Waals surface area contributed by atoms with E-state index in [1.165, 1.54) is 18.2 Å². The van der Waals surface area contributed by atoms with Crippen molar-refractivity contribution in [3.63, 3.8) is 0 Å². The summed E-state index contributed by atoms with van der Waals surface area (Å²) >= 11 is 0. The van der Waals surface area contributed by atoms with Gasteiger partial charge < -0.3 is 5.32 Å². The topological polar surface area (TPSA) is 102 Å². The quantitative estimate of drug-likeness (QED) is 0.525. The molecule has 9 heteroatoms. The molecular formula is C20H18FN5O2S. The number of hydrogen-bond acceptors (Lipinski definition) is 5. The molecule has 0 atom stereocenters. The molecular weight excluding hydrogens is 393 g/mol. The molecule has 0 bridgehead atoms. The fourth-order valence-electron chi connectivity index (χ4n) is 3.00. The predicted molar refractivity (Wildman–Crippen MR) is 108 cm³/mol. The summed E-state index contributed by atoms with van der Waals surface area (Å²) < 4.78 is 38.7. The molecule has 2 aromatic heterocycles. The first kappa shape index (κ1) is 19.0. The second-order valence-electron chi connectivity index (χ2n) is 6.61. The van der Waals surface area contributed by atoms with E-state index in [0.29, 0.717) is 29.3 Å². The molecule has 0 radical (unpaired) electrons. The van der Waals surface area contributed by atoms with Crippen LogP contribution in [-0.4, -0.2) is 23.0 Å². The Balaban J connectivity index is 1.69. The molecule has 7 nitrogen and oxygen atoms in total. The zero-order valence-corrected chi connectivity index (χ0v) is 16.3. The third-order valence-electron chi connectivity index (χ3n) is 4.52. The molecule has 0 fully saturated rings. The summed E-state index contributed by atoms with van der Waals surface area (Å²) in [7, 11) is -3.73. The maximum atomic E-state index is 14.3. The van der Waals surface area contributed by atoms with Crippen LogP contribution in [-0.2, 0) is 16.6 Å². The summed E-state index contributed by atoms with van der Waals surface area (Å²) in [4.78, 5) is 4.61. The highest BCUT2D eigenvalue weighted by Gasteiger charge is 2.13. The lowest BCUT2D eigenvalue weighted by molar-refractivity contribution is 0.597. The van der Waals surface area contributed by atoms with Crippen molar-refractivity contribution in [2.24, 2.45) is 5.14 Å². The summed E-state index contributed by atoms with van der Waals surface area (Å²) in [6.07, 6.45) is 1.69. The number of halogens is 1. The molecule has 0 unspecified atom stereocenters. The molecule has 2 heterocycles. The van der Waals surface area contributed by atoms with Crippen molar-refractivity contribution in [3.05, 3.63) is 77.7 Å². The highest BCUT2D eigenvalue weighted by atomic mass is 32.2. The number of sulfonamides is 1. The maximum Gasteiger partial charge on any atom is 0.238 e. The summed E-state index contributed by atoms with van der Waals surface area (Å²) in [5, 5.41) is 12.7. The van der Waals surface area contributed by atoms with Crippen LogP contribution in [0.4, 0.5) is 10.2 Å². The molecule has 0 amide bonds. The van der Waals surface area contributed by atoms with Crippen LogP contribution in [0.25, 0.3) is 16.9 Å². The SMILES string of the molecule is Cc1cnn2c(NCc3ccc(S(N)(=O)=O)cc3)cc(-c3ccccc3F)nc12. The Morgan fingerprint density at radius 2 is 1.86 bits per heavy atom. The van der Waals surface area contributed by atoms with Gasteiger partial charge >= 0.3 is 0 Å². The van der Waals surface area contributed by atoms with E-state index in [2.05, 4.69) is 15.4 Å². The number of primary sulfonamides is 1. The van der Waals surface area contributed by atoms with Crippen molar-refractivity contribution in [2.45, 2.75) is 18.4 Å². The highest BCUT2D eigenvalue weighted by Crippen LogP contribution is 2.26. The standard InChI is InChI=1S/C20H18FN5O2S/c1-13-11-24-26-19(23-12-14-6-8-15(9-7-14)29(22,27)28)10-18(25-20(13)26)16-4-2-3-5-17(16)21/h2-11,23H,12H2,1H3,(H2,22,27,28). The van der Waals surface area contributed by atoms with Gasteiger partial charge in [-0.25, -0.2) is 22.9 Å². The Labute approximate surface area is 167 Å². The summed E-state index contributed by atoms with van der Waals surface area (Å²) in [5.41, 5.74) is 3.22. The van der Waals surface area contributed by atoms with Crippen LogP contribution >= 0.6 is 0 Å². The Morgan fingerprint density at radius 1 is 1.14 bits per heavy atom. The molecule has 148 valence electrons. The lowest BCUT2D eigenvalue weighted by Gasteiger charge is -2.12.